The molecule has 3 rings (SSSR count). The molecule has 0 aliphatic rings. The molecule has 3 aromatic rings. The molecule has 5 heteroatoms. The number of aromatic nitrogens is 2. The Morgan fingerprint density at radius 1 is 1.16 bits per heavy atom. The number of hydrogen-bond donors (Lipinski definition) is 2. The minimum Gasteiger partial charge on any atom is -0.356 e. The van der Waals surface area contributed by atoms with E-state index in [1.54, 1.807) is 0 Å². The lowest BCUT2D eigenvalue weighted by Gasteiger charge is -2.09. The van der Waals surface area contributed by atoms with Gasteiger partial charge in [0.25, 0.3) is 0 Å². The van der Waals surface area contributed by atoms with Crippen molar-refractivity contribution in [3.63, 3.8) is 0 Å². The molecule has 0 bridgehead atoms. The third-order valence-electron chi connectivity index (χ3n) is 4.06. The molecule has 0 fully saturated rings. The van der Waals surface area contributed by atoms with E-state index in [4.69, 9.17) is 0 Å². The normalized spacial score (nSPS) is 11.2. The van der Waals surface area contributed by atoms with Crippen LogP contribution in [0.3, 0.4) is 0 Å². The van der Waals surface area contributed by atoms with Crippen LogP contribution in [0.4, 0.5) is 0 Å². The first-order valence-electron chi connectivity index (χ1n) is 8.57. The lowest BCUT2D eigenvalue weighted by Crippen LogP contribution is -2.28. The molecular weight excluding hydrogens is 312 g/mol. The van der Waals surface area contributed by atoms with Gasteiger partial charge in [-0.15, -0.1) is 0 Å². The van der Waals surface area contributed by atoms with Gasteiger partial charge in [0.2, 0.25) is 5.91 Å². The molecular formula is C20H24N4O. The smallest absolute Gasteiger partial charge is 0.224 e. The van der Waals surface area contributed by atoms with Crippen LogP contribution in [0.15, 0.2) is 48.5 Å². The number of benzene rings is 2. The third-order valence-corrected chi connectivity index (χ3v) is 4.06. The average Bonchev–Trinajstić information content (AvgIpc) is 3.03. The van der Waals surface area contributed by atoms with Crippen molar-refractivity contribution in [1.82, 2.24) is 20.2 Å². The molecule has 2 N–H and O–H groups in total. The molecule has 0 saturated carbocycles. The van der Waals surface area contributed by atoms with Gasteiger partial charge in [0.05, 0.1) is 17.5 Å². The van der Waals surface area contributed by atoms with Gasteiger partial charge in [-0.2, -0.15) is 0 Å². The summed E-state index contributed by atoms with van der Waals surface area (Å²) in [6, 6.07) is 16.0. The molecule has 0 atom stereocenters. The summed E-state index contributed by atoms with van der Waals surface area (Å²) in [6.07, 6.45) is 1.34. The van der Waals surface area contributed by atoms with Gasteiger partial charge in [0.1, 0.15) is 5.82 Å². The van der Waals surface area contributed by atoms with Crippen LogP contribution >= 0.6 is 0 Å². The van der Waals surface area contributed by atoms with E-state index in [0.717, 1.165) is 41.0 Å². The van der Waals surface area contributed by atoms with Crippen molar-refractivity contribution in [3.8, 4) is 11.4 Å². The van der Waals surface area contributed by atoms with E-state index in [1.807, 2.05) is 62.6 Å². The van der Waals surface area contributed by atoms with Crippen LogP contribution in [0, 0.1) is 0 Å². The summed E-state index contributed by atoms with van der Waals surface area (Å²) >= 11 is 0. The lowest BCUT2D eigenvalue weighted by molar-refractivity contribution is -0.120. The van der Waals surface area contributed by atoms with E-state index in [-0.39, 0.29) is 5.91 Å². The largest absolute Gasteiger partial charge is 0.356 e. The molecule has 130 valence electrons. The van der Waals surface area contributed by atoms with Crippen LogP contribution in [0.5, 0.6) is 0 Å². The van der Waals surface area contributed by atoms with Crippen LogP contribution in [-0.2, 0) is 11.2 Å². The molecule has 1 aromatic heterocycles. The Bertz CT molecular complexity index is 839. The van der Waals surface area contributed by atoms with E-state index in [2.05, 4.69) is 20.2 Å². The molecule has 0 saturated heterocycles. The Balaban J connectivity index is 1.64. The van der Waals surface area contributed by atoms with Crippen molar-refractivity contribution in [3.05, 3.63) is 54.1 Å². The number of nitrogens with one attached hydrogen (secondary N) is 2. The van der Waals surface area contributed by atoms with Crippen molar-refractivity contribution in [2.75, 3.05) is 27.2 Å². The predicted octanol–water partition coefficient (Wildman–Crippen LogP) is 2.84. The number of H-pyrrole nitrogens is 1. The Hall–Kier alpha value is -2.66. The van der Waals surface area contributed by atoms with E-state index >= 15 is 0 Å². The van der Waals surface area contributed by atoms with Gasteiger partial charge in [-0.25, -0.2) is 4.98 Å². The van der Waals surface area contributed by atoms with Crippen LogP contribution in [-0.4, -0.2) is 48.0 Å². The van der Waals surface area contributed by atoms with E-state index in [9.17, 15) is 4.79 Å². The van der Waals surface area contributed by atoms with Crippen molar-refractivity contribution >= 4 is 16.9 Å². The number of fused-ring (bicyclic) bond motifs is 1. The maximum absolute atomic E-state index is 12.1. The monoisotopic (exact) mass is 336 g/mol. The second-order valence-electron chi connectivity index (χ2n) is 6.49. The lowest BCUT2D eigenvalue weighted by atomic mass is 10.1. The zero-order valence-electron chi connectivity index (χ0n) is 14.7. The highest BCUT2D eigenvalue weighted by Crippen LogP contribution is 2.21. The number of amides is 1. The number of hydrogen-bond acceptors (Lipinski definition) is 3. The van der Waals surface area contributed by atoms with E-state index < -0.39 is 0 Å². The van der Waals surface area contributed by atoms with Crippen LogP contribution in [0.1, 0.15) is 12.0 Å². The Morgan fingerprint density at radius 3 is 2.72 bits per heavy atom. The number of aromatic amines is 1. The topological polar surface area (TPSA) is 61.0 Å². The molecule has 0 spiro atoms. The highest BCUT2D eigenvalue weighted by molar-refractivity contribution is 5.83. The Labute approximate surface area is 148 Å². The molecule has 1 heterocycles. The predicted molar refractivity (Wildman–Crippen MR) is 101 cm³/mol. The van der Waals surface area contributed by atoms with Crippen LogP contribution in [0.25, 0.3) is 22.4 Å². The maximum atomic E-state index is 12.1. The molecule has 0 aliphatic heterocycles. The summed E-state index contributed by atoms with van der Waals surface area (Å²) in [5.41, 5.74) is 3.91. The van der Waals surface area contributed by atoms with Crippen molar-refractivity contribution in [2.24, 2.45) is 0 Å². The minimum absolute atomic E-state index is 0.0564. The standard InChI is InChI=1S/C20H24N4O/c1-24(2)12-6-11-21-19(25)14-15-9-10-17-18(13-15)23-20(22-17)16-7-4-3-5-8-16/h3-5,7-10,13H,6,11-12,14H2,1-2H3,(H,21,25)(H,22,23). The molecule has 2 aromatic carbocycles. The Morgan fingerprint density at radius 2 is 1.96 bits per heavy atom. The van der Waals surface area contributed by atoms with E-state index in [1.165, 1.54) is 0 Å². The van der Waals surface area contributed by atoms with Gasteiger partial charge >= 0.3 is 0 Å². The number of imidazole rings is 1. The summed E-state index contributed by atoms with van der Waals surface area (Å²) in [7, 11) is 4.07. The summed E-state index contributed by atoms with van der Waals surface area (Å²) in [5.74, 6) is 0.904. The SMILES string of the molecule is CN(C)CCCNC(=O)Cc1ccc2nc(-c3ccccc3)[nH]c2c1. The number of carbonyl (C=O) groups is 1. The zero-order chi connectivity index (χ0) is 17.6. The van der Waals surface area contributed by atoms with Crippen molar-refractivity contribution in [2.45, 2.75) is 12.8 Å². The van der Waals surface area contributed by atoms with Gasteiger partial charge in [-0.1, -0.05) is 36.4 Å². The molecule has 0 unspecified atom stereocenters. The van der Waals surface area contributed by atoms with Gasteiger partial charge in [-0.3, -0.25) is 4.79 Å². The second kappa shape index (κ2) is 7.94. The maximum Gasteiger partial charge on any atom is 0.224 e. The van der Waals surface area contributed by atoms with Gasteiger partial charge in [0.15, 0.2) is 0 Å². The number of carbonyl (C=O) groups excluding carboxylic acids is 1. The molecule has 0 radical (unpaired) electrons. The van der Waals surface area contributed by atoms with Gasteiger partial charge in [0, 0.05) is 12.1 Å². The van der Waals surface area contributed by atoms with Crippen molar-refractivity contribution in [1.29, 1.82) is 0 Å². The molecule has 25 heavy (non-hydrogen) atoms. The first kappa shape index (κ1) is 17.2. The number of nitrogens with zero attached hydrogens (tertiary/aromatic N) is 2. The summed E-state index contributed by atoms with van der Waals surface area (Å²) in [5, 5.41) is 2.97. The summed E-state index contributed by atoms with van der Waals surface area (Å²) in [4.78, 5) is 22.1. The quantitative estimate of drug-likeness (QED) is 0.652. The Kier molecular flexibility index (Phi) is 5.46. The molecule has 0 aliphatic carbocycles. The first-order valence-corrected chi connectivity index (χ1v) is 8.57. The third kappa shape index (κ3) is 4.67. The highest BCUT2D eigenvalue weighted by atomic mass is 16.1. The summed E-state index contributed by atoms with van der Waals surface area (Å²) < 4.78 is 0. The summed E-state index contributed by atoms with van der Waals surface area (Å²) in [6.45, 7) is 1.68. The van der Waals surface area contributed by atoms with Crippen LogP contribution < -0.4 is 5.32 Å². The van der Waals surface area contributed by atoms with E-state index in [0.29, 0.717) is 13.0 Å². The second-order valence-corrected chi connectivity index (χ2v) is 6.49. The minimum atomic E-state index is 0.0564. The van der Waals surface area contributed by atoms with Gasteiger partial charge in [-0.05, 0) is 44.8 Å². The fraction of sp³-hybridized carbons (Fsp3) is 0.300. The zero-order valence-corrected chi connectivity index (χ0v) is 14.7. The van der Waals surface area contributed by atoms with Crippen LogP contribution in [0.2, 0.25) is 0 Å². The molecule has 5 nitrogen and oxygen atoms in total. The average molecular weight is 336 g/mol. The fourth-order valence-electron chi connectivity index (χ4n) is 2.77. The number of rotatable bonds is 7. The highest BCUT2D eigenvalue weighted by Gasteiger charge is 2.08. The van der Waals surface area contributed by atoms with Gasteiger partial charge < -0.3 is 15.2 Å². The first-order chi connectivity index (χ1) is 12.1. The van der Waals surface area contributed by atoms with Crippen molar-refractivity contribution < 1.29 is 4.79 Å². The fourth-order valence-corrected chi connectivity index (χ4v) is 2.77. The molecule has 1 amide bonds.